The highest BCUT2D eigenvalue weighted by atomic mass is 32.1. The van der Waals surface area contributed by atoms with Gasteiger partial charge in [0.2, 0.25) is 11.8 Å². The summed E-state index contributed by atoms with van der Waals surface area (Å²) in [5.74, 6) is -0.483. The number of alkyl halides is 2. The molecule has 3 aromatic heterocycles. The van der Waals surface area contributed by atoms with Crippen LogP contribution < -0.4 is 15.6 Å². The van der Waals surface area contributed by atoms with Crippen LogP contribution in [0.2, 0.25) is 0 Å². The fraction of sp³-hybridized carbons (Fsp3) is 0.521. The van der Waals surface area contributed by atoms with Gasteiger partial charge in [0.1, 0.15) is 23.1 Å². The van der Waals surface area contributed by atoms with Gasteiger partial charge in [-0.25, -0.2) is 18.4 Å². The van der Waals surface area contributed by atoms with Crippen molar-refractivity contribution in [3.63, 3.8) is 0 Å². The number of halogens is 2. The summed E-state index contributed by atoms with van der Waals surface area (Å²) >= 11 is 1.55. The van der Waals surface area contributed by atoms with E-state index in [1.54, 1.807) is 55.5 Å². The Labute approximate surface area is 402 Å². The van der Waals surface area contributed by atoms with Crippen LogP contribution in [0.25, 0.3) is 21.7 Å². The fourth-order valence-electron chi connectivity index (χ4n) is 9.96. The molecular formula is C48H59F2N12O6S+. The molecule has 7 heterocycles. The minimum Gasteiger partial charge on any atom is -0.391 e. The van der Waals surface area contributed by atoms with E-state index in [4.69, 9.17) is 9.84 Å². The molecule has 0 unspecified atom stereocenters. The minimum atomic E-state index is -2.87. The van der Waals surface area contributed by atoms with E-state index in [9.17, 15) is 24.4 Å². The molecule has 0 bridgehead atoms. The van der Waals surface area contributed by atoms with E-state index in [-0.39, 0.29) is 54.8 Å². The number of fused-ring (bicyclic) bond motifs is 2. The minimum absolute atomic E-state index is 0.00253. The monoisotopic (exact) mass is 969 g/mol. The predicted molar refractivity (Wildman–Crippen MR) is 252 cm³/mol. The molecule has 2 saturated heterocycles. The third kappa shape index (κ3) is 9.98. The van der Waals surface area contributed by atoms with Crippen LogP contribution in [0.1, 0.15) is 99.5 Å². The highest BCUT2D eigenvalue weighted by Gasteiger charge is 2.49. The number of β-amino-alcohol motifs (C(OH)–C–C–N with tert-alkyl or cyclic N) is 1. The van der Waals surface area contributed by atoms with E-state index in [1.807, 2.05) is 36.1 Å². The first kappa shape index (κ1) is 47.9. The second-order valence-electron chi connectivity index (χ2n) is 19.5. The first-order chi connectivity index (χ1) is 33.0. The van der Waals surface area contributed by atoms with Gasteiger partial charge in [-0.2, -0.15) is 5.10 Å². The normalized spacial score (nSPS) is 19.1. The smallest absolute Gasteiger partial charge is 0.313 e. The maximum Gasteiger partial charge on any atom is 0.313 e. The van der Waals surface area contributed by atoms with Gasteiger partial charge in [0.25, 0.3) is 12.3 Å². The SMILES string of the molecule is CC(=O)N1CCc2c(c(N3CCCc4cc(-c5cn(CC(=O)N[C@H](C(=O)N6C[C@H](O)C[C@H]6[N+](=O)NCc6ccc(-c7scnc7C)cc6)C(C)(C)C)nn5)c(C(F)F)cc43)nn2C2CCOCC2)C1. The summed E-state index contributed by atoms with van der Waals surface area (Å²) in [5.41, 5.74) is 10.2. The van der Waals surface area contributed by atoms with Crippen LogP contribution in [0.4, 0.5) is 20.3 Å². The molecule has 0 aliphatic carbocycles. The van der Waals surface area contributed by atoms with Gasteiger partial charge in [0.05, 0.1) is 65.4 Å². The van der Waals surface area contributed by atoms with Gasteiger partial charge in [-0.3, -0.25) is 24.0 Å². The number of aryl methyl sites for hydroxylation is 2. The molecule has 366 valence electrons. The van der Waals surface area contributed by atoms with Gasteiger partial charge in [-0.05, 0) is 66.8 Å². The number of amides is 3. The number of nitrogens with one attached hydrogen (secondary N) is 2. The van der Waals surface area contributed by atoms with Gasteiger partial charge >= 0.3 is 6.17 Å². The van der Waals surface area contributed by atoms with E-state index in [2.05, 4.69) is 30.7 Å². The fourth-order valence-corrected chi connectivity index (χ4v) is 10.8. The lowest BCUT2D eigenvalue weighted by Crippen LogP contribution is -2.58. The first-order valence-electron chi connectivity index (χ1n) is 23.6. The van der Waals surface area contributed by atoms with Crippen molar-refractivity contribution in [2.75, 3.05) is 37.7 Å². The number of hydrogen-bond acceptors (Lipinski definition) is 12. The third-order valence-electron chi connectivity index (χ3n) is 13.7. The summed E-state index contributed by atoms with van der Waals surface area (Å²) in [4.78, 5) is 65.1. The Morgan fingerprint density at radius 1 is 1.07 bits per heavy atom. The Morgan fingerprint density at radius 3 is 2.54 bits per heavy atom. The molecule has 5 aromatic rings. The molecule has 3 N–H and O–H groups in total. The number of nitroso groups, excluding NO2 is 1. The second kappa shape index (κ2) is 19.7. The molecule has 3 amide bonds. The highest BCUT2D eigenvalue weighted by Crippen LogP contribution is 2.43. The van der Waals surface area contributed by atoms with Crippen molar-refractivity contribution >= 4 is 40.6 Å². The van der Waals surface area contributed by atoms with E-state index in [0.29, 0.717) is 62.1 Å². The van der Waals surface area contributed by atoms with Crippen molar-refractivity contribution < 1.29 is 37.9 Å². The molecule has 18 nitrogen and oxygen atoms in total. The largest absolute Gasteiger partial charge is 0.391 e. The zero-order valence-electron chi connectivity index (χ0n) is 39.5. The van der Waals surface area contributed by atoms with Gasteiger partial charge in [-0.15, -0.1) is 21.9 Å². The summed E-state index contributed by atoms with van der Waals surface area (Å²) in [5, 5.41) is 27.1. The lowest BCUT2D eigenvalue weighted by Gasteiger charge is -2.33. The number of aliphatic hydroxyl groups is 1. The molecule has 9 rings (SSSR count). The van der Waals surface area contributed by atoms with Crippen molar-refractivity contribution in [2.45, 2.75) is 124 Å². The lowest BCUT2D eigenvalue weighted by molar-refractivity contribution is -0.657. The van der Waals surface area contributed by atoms with Crippen molar-refractivity contribution in [1.29, 1.82) is 0 Å². The van der Waals surface area contributed by atoms with Crippen LogP contribution in [0.3, 0.4) is 0 Å². The maximum atomic E-state index is 15.1. The van der Waals surface area contributed by atoms with Crippen molar-refractivity contribution in [3.8, 4) is 21.7 Å². The van der Waals surface area contributed by atoms with E-state index in [0.717, 1.165) is 57.8 Å². The highest BCUT2D eigenvalue weighted by molar-refractivity contribution is 7.13. The van der Waals surface area contributed by atoms with E-state index < -0.39 is 42.0 Å². The number of carbonyl (C=O) groups excluding carboxylic acids is 3. The number of nitrogens with zero attached hydrogens (tertiary/aromatic N) is 10. The number of aliphatic hydroxyl groups excluding tert-OH is 1. The summed E-state index contributed by atoms with van der Waals surface area (Å²) in [6.45, 7) is 11.3. The molecule has 3 atom stereocenters. The van der Waals surface area contributed by atoms with Crippen LogP contribution in [0.15, 0.2) is 48.1 Å². The maximum absolute atomic E-state index is 15.1. The summed E-state index contributed by atoms with van der Waals surface area (Å²) in [7, 11) is 0. The van der Waals surface area contributed by atoms with Crippen molar-refractivity contribution in [1.82, 2.24) is 50.3 Å². The molecule has 0 saturated carbocycles. The van der Waals surface area contributed by atoms with Crippen molar-refractivity contribution in [2.24, 2.45) is 5.41 Å². The average Bonchev–Trinajstić information content (AvgIpc) is 4.15. The van der Waals surface area contributed by atoms with Gasteiger partial charge in [-0.1, -0.05) is 50.3 Å². The van der Waals surface area contributed by atoms with Crippen LogP contribution >= 0.6 is 11.3 Å². The molecule has 0 spiro atoms. The molecule has 21 heteroatoms. The quantitative estimate of drug-likeness (QED) is 0.0952. The number of likely N-dealkylation sites (tertiary alicyclic amines) is 1. The number of rotatable bonds is 13. The van der Waals surface area contributed by atoms with E-state index >= 15 is 8.78 Å². The number of ether oxygens (including phenoxy) is 1. The number of hydrazine groups is 1. The van der Waals surface area contributed by atoms with Crippen molar-refractivity contribution in [3.05, 3.63) is 86.7 Å². The molecule has 2 aromatic carbocycles. The summed E-state index contributed by atoms with van der Waals surface area (Å²) < 4.78 is 39.3. The molecule has 2 fully saturated rings. The predicted octanol–water partition coefficient (Wildman–Crippen LogP) is 5.79. The Morgan fingerprint density at radius 2 is 1.84 bits per heavy atom. The molecule has 4 aliphatic rings. The number of benzene rings is 2. The Hall–Kier alpha value is -6.19. The Bertz CT molecular complexity index is 2730. The zero-order valence-corrected chi connectivity index (χ0v) is 40.3. The molecule has 69 heavy (non-hydrogen) atoms. The standard InChI is InChI=1S/C48H58F2N12O6S/c1-28-43(69-27-51-28)31-10-8-30(9-11-31)22-52-62(67)42-20-34(64)23-60(42)47(66)44(48(3,4)5)53-41(65)26-58-25-38(54-56-58)35-19-32-7-6-15-59(40(32)21-36(35)45(49)50)46-37-24-57(29(2)63)16-12-39(37)61(55-46)33-13-17-68-18-14-33/h8-11,19,21,25,27,33-34,42,44-45,64H,6-7,12-18,20,22-24,26H2,1-5H3,(H-,52,53,65,67)/p+1/t34-,42-,44-/m1/s1. The molecular weight excluding hydrogens is 911 g/mol. The second-order valence-corrected chi connectivity index (χ2v) is 20.4. The summed E-state index contributed by atoms with van der Waals surface area (Å²) in [6, 6.07) is 10.0. The van der Waals surface area contributed by atoms with Gasteiger partial charge < -0.3 is 25.0 Å². The van der Waals surface area contributed by atoms with Crippen LogP contribution in [-0.4, -0.2) is 118 Å². The van der Waals surface area contributed by atoms with E-state index in [1.165, 1.54) is 21.8 Å². The number of thiazole rings is 1. The average molecular weight is 970 g/mol. The zero-order chi connectivity index (χ0) is 48.7. The number of carbonyl (C=O) groups is 3. The number of hydrogen-bond donors (Lipinski definition) is 3. The molecule has 0 radical (unpaired) electrons. The number of anilines is 2. The van der Waals surface area contributed by atoms with Crippen LogP contribution in [0.5, 0.6) is 0 Å². The van der Waals surface area contributed by atoms with Gasteiger partial charge in [0, 0.05) is 67.7 Å². The number of aromatic nitrogens is 6. The molecule has 4 aliphatic heterocycles. The third-order valence-corrected chi connectivity index (χ3v) is 14.6. The first-order valence-corrected chi connectivity index (χ1v) is 24.5. The van der Waals surface area contributed by atoms with Crippen LogP contribution in [0, 0.1) is 17.2 Å². The summed E-state index contributed by atoms with van der Waals surface area (Å²) in [6.07, 6.45) is 0.195. The Balaban J connectivity index is 0.896. The van der Waals surface area contributed by atoms with Gasteiger partial charge in [0.15, 0.2) is 5.82 Å². The Kier molecular flexibility index (Phi) is 13.6. The lowest BCUT2D eigenvalue weighted by atomic mass is 9.85. The topological polar surface area (TPSA) is 196 Å². The van der Waals surface area contributed by atoms with Crippen LogP contribution in [-0.2, 0) is 51.6 Å².